The van der Waals surface area contributed by atoms with Crippen LogP contribution in [0.5, 0.6) is 0 Å². The third-order valence-corrected chi connectivity index (χ3v) is 3.87. The number of nitrogens with zero attached hydrogens (tertiary/aromatic N) is 1. The molecule has 2 saturated heterocycles. The molecule has 0 amide bonds. The zero-order valence-corrected chi connectivity index (χ0v) is 12.6. The number of carboxylic acid groups (broad SMARTS) is 1. The molecule has 10 nitrogen and oxygen atoms in total. The van der Waals surface area contributed by atoms with Gasteiger partial charge in [-0.25, -0.2) is 4.79 Å². The van der Waals surface area contributed by atoms with Crippen molar-refractivity contribution in [1.82, 2.24) is 14.9 Å². The standard InChI is InChI=1S/C11H15N3O5.C2H4O2/c1-5-2-14(10(18)13-8(5)17)9-6-7(16)11(4-15,19-9)3-12-6;1-2(3)4/h2,6-7,9,12,15-16H,3-4H2,1H3,(H,13,17,18);1H3,(H,3,4)/t6-,7+,9-,11-;/m1./s1. The van der Waals surface area contributed by atoms with E-state index in [2.05, 4.69) is 10.3 Å². The van der Waals surface area contributed by atoms with Gasteiger partial charge in [-0.15, -0.1) is 0 Å². The zero-order valence-electron chi connectivity index (χ0n) is 12.6. The molecule has 2 aliphatic rings. The smallest absolute Gasteiger partial charge is 0.330 e. The molecule has 0 saturated carbocycles. The number of morpholine rings is 1. The summed E-state index contributed by atoms with van der Waals surface area (Å²) >= 11 is 0. The van der Waals surface area contributed by atoms with E-state index < -0.39 is 41.2 Å². The molecule has 3 heterocycles. The summed E-state index contributed by atoms with van der Waals surface area (Å²) in [4.78, 5) is 34.3. The second-order valence-electron chi connectivity index (χ2n) is 5.58. The number of aliphatic hydroxyl groups excluding tert-OH is 2. The Labute approximate surface area is 130 Å². The molecule has 0 aromatic carbocycles. The lowest BCUT2D eigenvalue weighted by Gasteiger charge is -2.30. The average Bonchev–Trinajstić information content (AvgIpc) is 2.93. The molecular weight excluding hydrogens is 310 g/mol. The summed E-state index contributed by atoms with van der Waals surface area (Å²) in [5, 5.41) is 29.9. The van der Waals surface area contributed by atoms with E-state index in [9.17, 15) is 19.8 Å². The number of hydrogen-bond donors (Lipinski definition) is 5. The number of aryl methyl sites for hydroxylation is 1. The van der Waals surface area contributed by atoms with Crippen LogP contribution < -0.4 is 16.6 Å². The fourth-order valence-electron chi connectivity index (χ4n) is 2.71. The second-order valence-corrected chi connectivity index (χ2v) is 5.58. The lowest BCUT2D eigenvalue weighted by atomic mass is 10.0. The third kappa shape index (κ3) is 3.06. The Kier molecular flexibility index (Phi) is 4.71. The summed E-state index contributed by atoms with van der Waals surface area (Å²) in [7, 11) is 0. The predicted octanol–water partition coefficient (Wildman–Crippen LogP) is -2.47. The summed E-state index contributed by atoms with van der Waals surface area (Å²) in [6.45, 7) is 2.64. The van der Waals surface area contributed by atoms with Crippen molar-refractivity contribution < 1.29 is 24.9 Å². The van der Waals surface area contributed by atoms with Crippen LogP contribution in [0.1, 0.15) is 18.7 Å². The Bertz CT molecular complexity index is 708. The van der Waals surface area contributed by atoms with Crippen LogP contribution in [-0.2, 0) is 9.53 Å². The van der Waals surface area contributed by atoms with Crippen LogP contribution in [0.3, 0.4) is 0 Å². The monoisotopic (exact) mass is 329 g/mol. The van der Waals surface area contributed by atoms with Gasteiger partial charge < -0.3 is 25.4 Å². The van der Waals surface area contributed by atoms with Gasteiger partial charge >= 0.3 is 5.69 Å². The van der Waals surface area contributed by atoms with Crippen molar-refractivity contribution in [2.75, 3.05) is 13.2 Å². The molecule has 2 aliphatic heterocycles. The number of aliphatic carboxylic acids is 1. The van der Waals surface area contributed by atoms with Gasteiger partial charge in [-0.05, 0) is 6.92 Å². The Balaban J connectivity index is 0.000000433. The molecule has 4 atom stereocenters. The van der Waals surface area contributed by atoms with Gasteiger partial charge in [0.25, 0.3) is 11.5 Å². The molecule has 0 aliphatic carbocycles. The molecule has 0 unspecified atom stereocenters. The number of ether oxygens (including phenoxy) is 1. The Morgan fingerprint density at radius 3 is 2.65 bits per heavy atom. The zero-order chi connectivity index (χ0) is 17.4. The van der Waals surface area contributed by atoms with Crippen molar-refractivity contribution in [3.05, 3.63) is 32.6 Å². The number of carboxylic acids is 1. The third-order valence-electron chi connectivity index (χ3n) is 3.87. The molecule has 10 heteroatoms. The maximum atomic E-state index is 11.8. The first kappa shape index (κ1) is 17.3. The van der Waals surface area contributed by atoms with E-state index in [0.29, 0.717) is 12.1 Å². The number of carbonyl (C=O) groups is 1. The van der Waals surface area contributed by atoms with E-state index in [-0.39, 0.29) is 6.61 Å². The minimum atomic E-state index is -1.08. The van der Waals surface area contributed by atoms with Gasteiger partial charge in [0.15, 0.2) is 6.23 Å². The largest absolute Gasteiger partial charge is 0.481 e. The quantitative estimate of drug-likeness (QED) is 0.400. The Hall–Kier alpha value is -2.01. The van der Waals surface area contributed by atoms with Crippen LogP contribution in [0.15, 0.2) is 15.8 Å². The molecule has 1 aromatic rings. The highest BCUT2D eigenvalue weighted by atomic mass is 16.6. The van der Waals surface area contributed by atoms with Crippen molar-refractivity contribution >= 4 is 5.97 Å². The van der Waals surface area contributed by atoms with Gasteiger partial charge in [0.1, 0.15) is 11.7 Å². The molecule has 0 radical (unpaired) electrons. The Morgan fingerprint density at radius 2 is 2.13 bits per heavy atom. The fraction of sp³-hybridized carbons (Fsp3) is 0.615. The van der Waals surface area contributed by atoms with Crippen LogP contribution >= 0.6 is 0 Å². The lowest BCUT2D eigenvalue weighted by Crippen LogP contribution is -2.48. The van der Waals surface area contributed by atoms with Gasteiger partial charge in [-0.3, -0.25) is 19.1 Å². The first-order chi connectivity index (χ1) is 10.7. The van der Waals surface area contributed by atoms with Crippen molar-refractivity contribution in [3.63, 3.8) is 0 Å². The normalized spacial score (nSPS) is 31.6. The highest BCUT2D eigenvalue weighted by Gasteiger charge is 2.60. The SMILES string of the molecule is CC(=O)O.Cc1cn([C@@H]2O[C@@]3(CO)CN[C@@H]2[C@@H]3O)c(=O)[nH]c1=O. The summed E-state index contributed by atoms with van der Waals surface area (Å²) < 4.78 is 6.88. The predicted molar refractivity (Wildman–Crippen MR) is 77.1 cm³/mol. The highest BCUT2D eigenvalue weighted by Crippen LogP contribution is 2.40. The molecule has 0 spiro atoms. The van der Waals surface area contributed by atoms with Crippen LogP contribution in [0.25, 0.3) is 0 Å². The van der Waals surface area contributed by atoms with Crippen molar-refractivity contribution in [2.45, 2.75) is 37.8 Å². The fourth-order valence-corrected chi connectivity index (χ4v) is 2.71. The number of H-pyrrole nitrogens is 1. The minimum Gasteiger partial charge on any atom is -0.481 e. The van der Waals surface area contributed by atoms with Gasteiger partial charge in [-0.1, -0.05) is 0 Å². The van der Waals surface area contributed by atoms with Crippen LogP contribution in [0.4, 0.5) is 0 Å². The first-order valence-electron chi connectivity index (χ1n) is 6.93. The van der Waals surface area contributed by atoms with E-state index in [4.69, 9.17) is 14.6 Å². The van der Waals surface area contributed by atoms with Crippen LogP contribution in [0, 0.1) is 6.92 Å². The number of aromatic amines is 1. The van der Waals surface area contributed by atoms with Crippen molar-refractivity contribution in [1.29, 1.82) is 0 Å². The maximum absolute atomic E-state index is 11.8. The van der Waals surface area contributed by atoms with E-state index in [1.54, 1.807) is 6.92 Å². The number of hydrogen-bond acceptors (Lipinski definition) is 7. The van der Waals surface area contributed by atoms with Crippen LogP contribution in [-0.4, -0.2) is 61.7 Å². The van der Waals surface area contributed by atoms with Gasteiger partial charge in [-0.2, -0.15) is 0 Å². The summed E-state index contributed by atoms with van der Waals surface area (Å²) in [5.41, 5.74) is -1.76. The first-order valence-corrected chi connectivity index (χ1v) is 6.93. The number of fused-ring (bicyclic) bond motifs is 2. The summed E-state index contributed by atoms with van der Waals surface area (Å²) in [6.07, 6.45) is -0.257. The van der Waals surface area contributed by atoms with Gasteiger partial charge in [0.2, 0.25) is 0 Å². The van der Waals surface area contributed by atoms with E-state index >= 15 is 0 Å². The molecule has 23 heavy (non-hydrogen) atoms. The second kappa shape index (κ2) is 6.24. The van der Waals surface area contributed by atoms with Gasteiger partial charge in [0.05, 0.1) is 12.6 Å². The number of aliphatic hydroxyl groups is 2. The van der Waals surface area contributed by atoms with Crippen molar-refractivity contribution in [3.8, 4) is 0 Å². The molecular formula is C13H19N3O7. The molecule has 2 fully saturated rings. The summed E-state index contributed by atoms with van der Waals surface area (Å²) in [5.74, 6) is -0.833. The molecule has 2 bridgehead atoms. The highest BCUT2D eigenvalue weighted by molar-refractivity contribution is 5.62. The number of aromatic nitrogens is 2. The lowest BCUT2D eigenvalue weighted by molar-refractivity contribution is -0.134. The Morgan fingerprint density at radius 1 is 1.52 bits per heavy atom. The van der Waals surface area contributed by atoms with Crippen LogP contribution in [0.2, 0.25) is 0 Å². The minimum absolute atomic E-state index is 0.322. The summed E-state index contributed by atoms with van der Waals surface area (Å²) in [6, 6.07) is -0.491. The number of nitrogens with one attached hydrogen (secondary N) is 2. The maximum Gasteiger partial charge on any atom is 0.330 e. The van der Waals surface area contributed by atoms with Crippen molar-refractivity contribution in [2.24, 2.45) is 0 Å². The molecule has 3 rings (SSSR count). The number of rotatable bonds is 2. The van der Waals surface area contributed by atoms with E-state index in [0.717, 1.165) is 6.92 Å². The molecule has 128 valence electrons. The molecule has 5 N–H and O–H groups in total. The topological polar surface area (TPSA) is 154 Å². The van der Waals surface area contributed by atoms with E-state index in [1.165, 1.54) is 10.8 Å². The van der Waals surface area contributed by atoms with Gasteiger partial charge in [0, 0.05) is 25.2 Å². The molecule has 1 aromatic heterocycles. The van der Waals surface area contributed by atoms with E-state index in [1.807, 2.05) is 0 Å². The average molecular weight is 329 g/mol.